The number of hydrogen-bond donors (Lipinski definition) is 1. The standard InChI is InChI=1S/C16H21N3O6/c1-11-5-7-16(8-6-11,15(22)25-2)17-13(20)10-18-9-12(19(23)24)3-4-14(18)21/h3-4,9,11H,5-8,10H2,1-2H3,(H,17,20). The smallest absolute Gasteiger partial charge is 0.331 e. The van der Waals surface area contributed by atoms with Crippen LogP contribution in [0, 0.1) is 16.0 Å². The Hall–Kier alpha value is -2.71. The highest BCUT2D eigenvalue weighted by Crippen LogP contribution is 2.32. The van der Waals surface area contributed by atoms with Gasteiger partial charge < -0.3 is 10.1 Å². The maximum Gasteiger partial charge on any atom is 0.331 e. The van der Waals surface area contributed by atoms with Crippen LogP contribution in [0.4, 0.5) is 5.69 Å². The molecule has 1 saturated carbocycles. The largest absolute Gasteiger partial charge is 0.467 e. The van der Waals surface area contributed by atoms with Crippen molar-refractivity contribution < 1.29 is 19.2 Å². The molecule has 1 aromatic rings. The summed E-state index contributed by atoms with van der Waals surface area (Å²) in [5.41, 5.74) is -1.94. The Balaban J connectivity index is 2.17. The lowest BCUT2D eigenvalue weighted by atomic mass is 9.77. The average Bonchev–Trinajstić information content (AvgIpc) is 2.58. The van der Waals surface area contributed by atoms with E-state index in [1.54, 1.807) is 0 Å². The third-order valence-corrected chi connectivity index (χ3v) is 4.58. The number of aromatic nitrogens is 1. The number of amides is 1. The van der Waals surface area contributed by atoms with Crippen LogP contribution < -0.4 is 10.9 Å². The lowest BCUT2D eigenvalue weighted by Gasteiger charge is -2.37. The Labute approximate surface area is 144 Å². The second-order valence-corrected chi connectivity index (χ2v) is 6.41. The lowest BCUT2D eigenvalue weighted by molar-refractivity contribution is -0.385. The van der Waals surface area contributed by atoms with E-state index in [9.17, 15) is 24.5 Å². The van der Waals surface area contributed by atoms with Crippen LogP contribution in [0.25, 0.3) is 0 Å². The first-order valence-corrected chi connectivity index (χ1v) is 8.02. The van der Waals surface area contributed by atoms with E-state index in [1.807, 2.05) is 0 Å². The van der Waals surface area contributed by atoms with Crippen LogP contribution in [0.15, 0.2) is 23.1 Å². The van der Waals surface area contributed by atoms with Crippen LogP contribution in [-0.2, 0) is 20.9 Å². The Morgan fingerprint density at radius 1 is 1.40 bits per heavy atom. The molecular formula is C16H21N3O6. The monoisotopic (exact) mass is 351 g/mol. The van der Waals surface area contributed by atoms with Crippen molar-refractivity contribution in [1.29, 1.82) is 0 Å². The molecule has 2 rings (SSSR count). The van der Waals surface area contributed by atoms with Crippen LogP contribution in [0.3, 0.4) is 0 Å². The molecule has 0 saturated heterocycles. The van der Waals surface area contributed by atoms with Gasteiger partial charge in [0.1, 0.15) is 12.1 Å². The summed E-state index contributed by atoms with van der Waals surface area (Å²) in [7, 11) is 1.26. The number of nitrogens with zero attached hydrogens (tertiary/aromatic N) is 2. The summed E-state index contributed by atoms with van der Waals surface area (Å²) < 4.78 is 5.79. The van der Waals surface area contributed by atoms with Gasteiger partial charge in [-0.05, 0) is 31.6 Å². The SMILES string of the molecule is COC(=O)C1(NC(=O)Cn2cc([N+](=O)[O-])ccc2=O)CCC(C)CC1. The molecule has 1 N–H and O–H groups in total. The van der Waals surface area contributed by atoms with E-state index in [-0.39, 0.29) is 5.69 Å². The number of carbonyl (C=O) groups excluding carboxylic acids is 2. The fourth-order valence-electron chi connectivity index (χ4n) is 3.04. The van der Waals surface area contributed by atoms with Gasteiger partial charge in [0.05, 0.1) is 18.2 Å². The minimum atomic E-state index is -1.11. The zero-order valence-corrected chi connectivity index (χ0v) is 14.2. The predicted molar refractivity (Wildman–Crippen MR) is 87.9 cm³/mol. The summed E-state index contributed by atoms with van der Waals surface area (Å²) >= 11 is 0. The lowest BCUT2D eigenvalue weighted by Crippen LogP contribution is -2.57. The number of hydrogen-bond acceptors (Lipinski definition) is 6. The van der Waals surface area contributed by atoms with Crippen LogP contribution >= 0.6 is 0 Å². The van der Waals surface area contributed by atoms with E-state index in [4.69, 9.17) is 4.74 Å². The predicted octanol–water partition coefficient (Wildman–Crippen LogP) is 0.995. The molecule has 0 bridgehead atoms. The molecule has 1 aliphatic carbocycles. The second-order valence-electron chi connectivity index (χ2n) is 6.41. The van der Waals surface area contributed by atoms with Gasteiger partial charge in [-0.15, -0.1) is 0 Å². The molecule has 0 radical (unpaired) electrons. The normalized spacial score (nSPS) is 22.9. The van der Waals surface area contributed by atoms with Crippen molar-refractivity contribution in [3.8, 4) is 0 Å². The van der Waals surface area contributed by atoms with Crippen molar-refractivity contribution in [3.63, 3.8) is 0 Å². The number of esters is 1. The molecule has 25 heavy (non-hydrogen) atoms. The van der Waals surface area contributed by atoms with Crippen molar-refractivity contribution in [2.24, 2.45) is 5.92 Å². The van der Waals surface area contributed by atoms with Crippen LogP contribution in [0.1, 0.15) is 32.6 Å². The van der Waals surface area contributed by atoms with E-state index < -0.39 is 34.4 Å². The first kappa shape index (κ1) is 18.6. The van der Waals surface area contributed by atoms with E-state index in [2.05, 4.69) is 12.2 Å². The molecule has 0 spiro atoms. The van der Waals surface area contributed by atoms with Crippen molar-refractivity contribution in [2.75, 3.05) is 7.11 Å². The molecule has 136 valence electrons. The molecule has 1 aliphatic rings. The summed E-state index contributed by atoms with van der Waals surface area (Å²) in [6, 6.07) is 2.11. The van der Waals surface area contributed by atoms with Gasteiger partial charge in [-0.3, -0.25) is 24.3 Å². The summed E-state index contributed by atoms with van der Waals surface area (Å²) in [6.07, 6.45) is 3.46. The van der Waals surface area contributed by atoms with Gasteiger partial charge in [-0.1, -0.05) is 6.92 Å². The van der Waals surface area contributed by atoms with Crippen LogP contribution in [0.5, 0.6) is 0 Å². The Bertz CT molecular complexity index is 734. The minimum absolute atomic E-state index is 0.290. The number of ether oxygens (including phenoxy) is 1. The van der Waals surface area contributed by atoms with Crippen molar-refractivity contribution in [1.82, 2.24) is 9.88 Å². The number of nitro groups is 1. The number of pyridine rings is 1. The van der Waals surface area contributed by atoms with Crippen molar-refractivity contribution >= 4 is 17.6 Å². The first-order valence-electron chi connectivity index (χ1n) is 8.02. The van der Waals surface area contributed by atoms with E-state index in [1.165, 1.54) is 7.11 Å². The van der Waals surface area contributed by atoms with Crippen LogP contribution in [0.2, 0.25) is 0 Å². The summed E-state index contributed by atoms with van der Waals surface area (Å²) in [5, 5.41) is 13.5. The molecule has 1 heterocycles. The average molecular weight is 351 g/mol. The molecular weight excluding hydrogens is 330 g/mol. The third kappa shape index (κ3) is 4.23. The zero-order valence-electron chi connectivity index (χ0n) is 14.2. The molecule has 1 amide bonds. The fourth-order valence-corrected chi connectivity index (χ4v) is 3.04. The summed E-state index contributed by atoms with van der Waals surface area (Å²) in [4.78, 5) is 46.5. The van der Waals surface area contributed by atoms with E-state index in [0.29, 0.717) is 18.8 Å². The quantitative estimate of drug-likeness (QED) is 0.480. The molecule has 0 aromatic carbocycles. The molecule has 0 aliphatic heterocycles. The molecule has 9 heteroatoms. The second kappa shape index (κ2) is 7.45. The zero-order chi connectivity index (χ0) is 18.6. The molecule has 0 unspecified atom stereocenters. The van der Waals surface area contributed by atoms with Gasteiger partial charge in [0.25, 0.3) is 11.2 Å². The van der Waals surface area contributed by atoms with Gasteiger partial charge in [0, 0.05) is 12.1 Å². The minimum Gasteiger partial charge on any atom is -0.467 e. The van der Waals surface area contributed by atoms with Crippen LogP contribution in [-0.4, -0.2) is 34.0 Å². The Morgan fingerprint density at radius 2 is 2.04 bits per heavy atom. The number of methoxy groups -OCH3 is 1. The Morgan fingerprint density at radius 3 is 2.60 bits per heavy atom. The van der Waals surface area contributed by atoms with Gasteiger partial charge >= 0.3 is 5.97 Å². The molecule has 9 nitrogen and oxygen atoms in total. The summed E-state index contributed by atoms with van der Waals surface area (Å²) in [6.45, 7) is 1.67. The highest BCUT2D eigenvalue weighted by molar-refractivity contribution is 5.88. The number of carbonyl (C=O) groups is 2. The topological polar surface area (TPSA) is 121 Å². The van der Waals surface area contributed by atoms with Gasteiger partial charge in [-0.2, -0.15) is 0 Å². The third-order valence-electron chi connectivity index (χ3n) is 4.58. The summed E-state index contributed by atoms with van der Waals surface area (Å²) in [5.74, 6) is -0.629. The Kier molecular flexibility index (Phi) is 5.55. The maximum absolute atomic E-state index is 12.4. The highest BCUT2D eigenvalue weighted by Gasteiger charge is 2.43. The number of nitrogens with one attached hydrogen (secondary N) is 1. The van der Waals surface area contributed by atoms with Gasteiger partial charge in [0.15, 0.2) is 0 Å². The van der Waals surface area contributed by atoms with Crippen molar-refractivity contribution in [2.45, 2.75) is 44.7 Å². The number of rotatable bonds is 5. The maximum atomic E-state index is 12.4. The molecule has 1 fully saturated rings. The van der Waals surface area contributed by atoms with Crippen molar-refractivity contribution in [3.05, 3.63) is 38.8 Å². The van der Waals surface area contributed by atoms with E-state index >= 15 is 0 Å². The highest BCUT2D eigenvalue weighted by atomic mass is 16.6. The molecule has 0 atom stereocenters. The molecule has 1 aromatic heterocycles. The van der Waals surface area contributed by atoms with Gasteiger partial charge in [0.2, 0.25) is 5.91 Å². The van der Waals surface area contributed by atoms with E-state index in [0.717, 1.165) is 35.7 Å². The van der Waals surface area contributed by atoms with Gasteiger partial charge in [-0.25, -0.2) is 4.79 Å². The first-order chi connectivity index (χ1) is 11.8. The fraction of sp³-hybridized carbons (Fsp3) is 0.562.